The van der Waals surface area contributed by atoms with Crippen molar-refractivity contribution in [1.29, 1.82) is 0 Å². The zero-order valence-electron chi connectivity index (χ0n) is 78.9. The Hall–Kier alpha value is -15.6. The fraction of sp³-hybridized carbons (Fsp3) is 0.318. The molecule has 12 heterocycles. The average molecular weight is 1960 g/mol. The molecule has 5 amide bonds. The number of carbonyl (C=O) groups excluding carboxylic acids is 5. The average Bonchev–Trinajstić information content (AvgIpc) is 1.62. The number of nitrogens with one attached hydrogen (secondary N) is 10. The Labute approximate surface area is 825 Å². The van der Waals surface area contributed by atoms with E-state index in [1.54, 1.807) is 36.4 Å². The third-order valence-corrected chi connectivity index (χ3v) is 29.0. The summed E-state index contributed by atoms with van der Waals surface area (Å²) in [6.07, 6.45) is 7.11. The number of anilines is 6. The molecule has 145 heavy (non-hydrogen) atoms. The molecule has 7 fully saturated rings. The van der Waals surface area contributed by atoms with E-state index in [0.29, 0.717) is 84.5 Å². The molecule has 0 radical (unpaired) electrons. The van der Waals surface area contributed by atoms with Crippen LogP contribution in [0.4, 0.5) is 69.2 Å². The number of carbonyl (C=O) groups is 5. The zero-order chi connectivity index (χ0) is 99.3. The van der Waals surface area contributed by atoms with Crippen molar-refractivity contribution in [2.45, 2.75) is 160 Å². The fourth-order valence-electron chi connectivity index (χ4n) is 20.1. The van der Waals surface area contributed by atoms with Crippen LogP contribution in [0.3, 0.4) is 0 Å². The highest BCUT2D eigenvalue weighted by Crippen LogP contribution is 2.52. The minimum Gasteiger partial charge on any atom is -0.371 e. The fourth-order valence-corrected chi connectivity index (χ4v) is 20.1. The van der Waals surface area contributed by atoms with Crippen LogP contribution in [-0.2, 0) is 63.2 Å². The third kappa shape index (κ3) is 19.9. The minimum atomic E-state index is -2.88. The van der Waals surface area contributed by atoms with Crippen molar-refractivity contribution in [1.82, 2.24) is 54.7 Å². The summed E-state index contributed by atoms with van der Waals surface area (Å²) in [7, 11) is 0. The Kier molecular flexibility index (Phi) is 24.2. The summed E-state index contributed by atoms with van der Waals surface area (Å²) in [4.78, 5) is 129. The third-order valence-electron chi connectivity index (χ3n) is 29.0. The van der Waals surface area contributed by atoms with Gasteiger partial charge < -0.3 is 56.4 Å². The van der Waals surface area contributed by atoms with Crippen LogP contribution in [-0.4, -0.2) is 163 Å². The number of aliphatic imine (C=N–C) groups is 5. The lowest BCUT2D eigenvalue weighted by Crippen LogP contribution is -2.32. The predicted octanol–water partition coefficient (Wildman–Crippen LogP) is 20.7. The van der Waals surface area contributed by atoms with Crippen molar-refractivity contribution in [3.63, 3.8) is 0 Å². The number of imidazole rings is 5. The Morgan fingerprint density at radius 2 is 0.634 bits per heavy atom. The smallest absolute Gasteiger partial charge is 0.260 e. The van der Waals surface area contributed by atoms with Crippen molar-refractivity contribution in [2.24, 2.45) is 60.5 Å². The normalized spacial score (nSPS) is 19.8. The van der Waals surface area contributed by atoms with Crippen LogP contribution in [0.25, 0.3) is 55.2 Å². The number of fused-ring (bicyclic) bond motifs is 10. The summed E-state index contributed by atoms with van der Waals surface area (Å²) >= 11 is 0. The lowest BCUT2D eigenvalue weighted by Gasteiger charge is -2.32. The van der Waals surface area contributed by atoms with Gasteiger partial charge in [0, 0.05) is 126 Å². The van der Waals surface area contributed by atoms with Gasteiger partial charge in [-0.15, -0.1) is 0 Å². The van der Waals surface area contributed by atoms with Crippen molar-refractivity contribution in [3.8, 4) is 0 Å². The van der Waals surface area contributed by atoms with Gasteiger partial charge in [-0.3, -0.25) is 53.8 Å². The van der Waals surface area contributed by atoms with Crippen molar-refractivity contribution >= 4 is 147 Å². The second kappa shape index (κ2) is 37.6. The number of aromatic amines is 5. The van der Waals surface area contributed by atoms with E-state index >= 15 is 0 Å². The number of nitrogens with zero attached hydrogens (tertiary/aromatic N) is 12. The van der Waals surface area contributed by atoms with Crippen LogP contribution in [0.5, 0.6) is 0 Å². The maximum atomic E-state index is 13.3. The van der Waals surface area contributed by atoms with Crippen LogP contribution in [0.1, 0.15) is 187 Å². The van der Waals surface area contributed by atoms with Crippen LogP contribution in [0.2, 0.25) is 0 Å². The van der Waals surface area contributed by atoms with Crippen LogP contribution < -0.4 is 31.5 Å². The van der Waals surface area contributed by atoms with E-state index in [1.807, 2.05) is 140 Å². The van der Waals surface area contributed by atoms with E-state index in [0.717, 1.165) is 197 Å². The van der Waals surface area contributed by atoms with Gasteiger partial charge in [0.2, 0.25) is 35.5 Å². The zero-order valence-corrected chi connectivity index (χ0v) is 78.9. The lowest BCUT2D eigenvalue weighted by molar-refractivity contribution is -0.124. The van der Waals surface area contributed by atoms with E-state index in [1.165, 1.54) is 43.4 Å². The number of alkyl halides is 8. The molecule has 27 rings (SSSR count). The van der Waals surface area contributed by atoms with Crippen molar-refractivity contribution in [2.75, 3.05) is 57.7 Å². The number of rotatable bonds is 18. The Morgan fingerprint density at radius 3 is 0.966 bits per heavy atom. The maximum Gasteiger partial charge on any atom is 0.260 e. The Morgan fingerprint density at radius 1 is 0.331 bits per heavy atom. The first-order valence-electron chi connectivity index (χ1n) is 49.4. The quantitative estimate of drug-likeness (QED) is 0.0358. The first-order chi connectivity index (χ1) is 70.1. The number of amides is 5. The van der Waals surface area contributed by atoms with Gasteiger partial charge in [-0.25, -0.2) is 60.0 Å². The molecular formula is C110H100F8N22O5. The van der Waals surface area contributed by atoms with Crippen LogP contribution in [0.15, 0.2) is 225 Å². The summed E-state index contributed by atoms with van der Waals surface area (Å²) in [5.74, 6) is -12.9. The van der Waals surface area contributed by atoms with Crippen molar-refractivity contribution in [3.05, 3.63) is 291 Å². The first kappa shape index (κ1) is 93.1. The second-order valence-corrected chi connectivity index (χ2v) is 39.6. The number of aromatic nitrogens is 10. The topological polar surface area (TPSA) is 357 Å². The van der Waals surface area contributed by atoms with E-state index in [9.17, 15) is 59.1 Å². The molecule has 0 spiro atoms. The van der Waals surface area contributed by atoms with Gasteiger partial charge in [0.05, 0.1) is 87.9 Å². The molecule has 2 saturated heterocycles. The highest BCUT2D eigenvalue weighted by Gasteiger charge is 2.63. The highest BCUT2D eigenvalue weighted by atomic mass is 19.3. The van der Waals surface area contributed by atoms with E-state index in [2.05, 4.69) is 132 Å². The molecule has 5 aliphatic carbocycles. The lowest BCUT2D eigenvalue weighted by atomic mass is 9.86. The SMILES string of the molecule is CC1CCN(c2ccc3nc(C4=NCc5ccc(NC(=O)C6CC6(F)F)cc54)[nH]c3c2)CC1.O=C(Nc1ccc2c(c1)C(c1nc3ccc(CN4CCCCC4)cc3[nH]1)=NC2)C1CC1(F)F.O=C(Nc1ccc2c(c1)C(c1nc3ccccc3[nH]1)=NC2)C1CC1.O=C(Nc1ccc2c(c1)C(c1nc3ccccc3[nH]1)=NC2)C1CC1(F)F.O=C(Nc1ccc2c(c1)C(c1nc3ccccc3[nH]1)=NC2)C1CCC(F)(F)CC1. The predicted molar refractivity (Wildman–Crippen MR) is 541 cm³/mol. The van der Waals surface area contributed by atoms with Gasteiger partial charge in [0.1, 0.15) is 46.3 Å². The van der Waals surface area contributed by atoms with Gasteiger partial charge in [-0.1, -0.05) is 86.1 Å². The molecule has 5 saturated carbocycles. The molecule has 27 nitrogen and oxygen atoms in total. The van der Waals surface area contributed by atoms with Gasteiger partial charge in [-0.2, -0.15) is 0 Å². The maximum absolute atomic E-state index is 13.3. The molecule has 10 aromatic carbocycles. The Bertz CT molecular complexity index is 7790. The number of piperidine rings is 2. The number of H-pyrrole nitrogens is 5. The molecule has 10 N–H and O–H groups in total. The first-order valence-corrected chi connectivity index (χ1v) is 49.4. The molecule has 7 aliphatic heterocycles. The highest BCUT2D eigenvalue weighted by molar-refractivity contribution is 6.19. The summed E-state index contributed by atoms with van der Waals surface area (Å²) in [6, 6.07) is 63.9. The van der Waals surface area contributed by atoms with E-state index in [-0.39, 0.29) is 68.6 Å². The van der Waals surface area contributed by atoms with Gasteiger partial charge in [0.15, 0.2) is 29.1 Å². The molecule has 3 atom stereocenters. The van der Waals surface area contributed by atoms with Crippen molar-refractivity contribution < 1.29 is 59.1 Å². The van der Waals surface area contributed by atoms with Gasteiger partial charge in [-0.05, 0) is 231 Å². The monoisotopic (exact) mass is 1960 g/mol. The number of hydrogen-bond acceptors (Lipinski definition) is 17. The van der Waals surface area contributed by atoms with E-state index in [4.69, 9.17) is 9.97 Å². The van der Waals surface area contributed by atoms with Crippen LogP contribution >= 0.6 is 0 Å². The Balaban J connectivity index is 0.000000101. The summed E-state index contributed by atoms with van der Waals surface area (Å²) in [5, 5.41) is 13.7. The molecule has 35 heteroatoms. The van der Waals surface area contributed by atoms with Gasteiger partial charge >= 0.3 is 0 Å². The molecule has 5 aromatic heterocycles. The molecule has 3 unspecified atom stereocenters. The number of hydrogen-bond donors (Lipinski definition) is 10. The standard InChI is InChI=1S/2C25H25F2N5O.C22H20F2N4O.C19H14F2N4O.C19H16N4O/c1-14-6-8-32(9-7-14)17-4-5-20-21(11-17)31-23(30-20)22-18-10-16(3-2-15(18)13-28-22)29-24(33)19-12-25(19,26)27;26-25(27)12-19(25)24(33)29-17-6-5-16-13-28-22(18(16)11-17)23-30-20-7-4-15(10-21(20)31-23)14-32-8-2-1-3-9-32;23-22(24)9-7-13(8-10-22)21(29)26-15-6-5-14-12-25-19(16(14)11-15)20-27-17-3-1-2-4-18(17)28-20;20-19(21)8-13(19)18(26)23-11-6-5-10-9-22-16(12(10)7-11)17-24-14-3-1-2-4-15(14)25-17;24-19(11-5-6-11)21-13-8-7-12-10-20-17(14(12)9-13)18-22-15-3-1-2-4-16(15)23-18/h2-5,10-11,14,19H,6-9,12-13H2,1H3,(H,29,33)(H,30,31);4-7,10-11,19H,1-3,8-9,12-14H2,(H,29,33)(H,30,31);1-6,11,13H,7-10,12H2,(H,26,29)(H,27,28);1-7,13H,8-9H2,(H,23,26)(H,24,25);1-4,7-9,11H,5-6,10H2,(H,21,24)(H,22,23). The van der Waals surface area contributed by atoms with E-state index < -0.39 is 59.2 Å². The largest absolute Gasteiger partial charge is 0.371 e. The summed E-state index contributed by atoms with van der Waals surface area (Å²) in [5.41, 5.74) is 28.2. The summed E-state index contributed by atoms with van der Waals surface area (Å²) in [6.45, 7) is 10.5. The summed E-state index contributed by atoms with van der Waals surface area (Å²) < 4.78 is 106. The minimum absolute atomic E-state index is 0.121. The molecule has 0 bridgehead atoms. The molecule has 15 aromatic rings. The van der Waals surface area contributed by atoms with Crippen LogP contribution in [0, 0.1) is 35.5 Å². The number of halogens is 8. The number of likely N-dealkylation sites (tertiary alicyclic amines) is 1. The number of benzene rings is 10. The molecular weight excluding hydrogens is 1860 g/mol. The second-order valence-electron chi connectivity index (χ2n) is 39.6. The number of para-hydroxylation sites is 6. The van der Waals surface area contributed by atoms with Gasteiger partial charge in [0.25, 0.3) is 17.8 Å². The molecule has 12 aliphatic rings. The molecule has 736 valence electrons.